The molecule has 0 saturated carbocycles. The third-order valence-electron chi connectivity index (χ3n) is 3.07. The van der Waals surface area contributed by atoms with E-state index in [0.29, 0.717) is 0 Å². The topological polar surface area (TPSA) is 78.5 Å². The van der Waals surface area contributed by atoms with Crippen molar-refractivity contribution in [2.24, 2.45) is 0 Å². The maximum Gasteiger partial charge on any atom is 0.206 e. The van der Waals surface area contributed by atoms with Crippen molar-refractivity contribution in [2.45, 2.75) is 6.92 Å². The molecule has 0 unspecified atom stereocenters. The summed E-state index contributed by atoms with van der Waals surface area (Å²) >= 11 is 1.56. The molecule has 3 N–H and O–H groups in total. The van der Waals surface area contributed by atoms with E-state index in [2.05, 4.69) is 37.1 Å². The molecule has 0 aliphatic carbocycles. The van der Waals surface area contributed by atoms with Gasteiger partial charge in [-0.3, -0.25) is 5.10 Å². The lowest BCUT2D eigenvalue weighted by Crippen LogP contribution is -2.17. The number of nitrogens with one attached hydrogen (secondary N) is 3. The molecule has 2 aromatic heterocycles. The molecule has 3 aromatic rings. The number of H-pyrrole nitrogens is 1. The number of benzene rings is 1. The van der Waals surface area contributed by atoms with E-state index in [1.807, 2.05) is 26.1 Å². The lowest BCUT2D eigenvalue weighted by molar-refractivity contribution is 0.821. The van der Waals surface area contributed by atoms with Gasteiger partial charge in [-0.25, -0.2) is 0 Å². The molecular weight excluding hydrogens is 272 g/mol. The number of hydrogen-bond donors (Lipinski definition) is 3. The predicted octanol–water partition coefficient (Wildman–Crippen LogP) is 2.02. The van der Waals surface area contributed by atoms with Crippen LogP contribution in [0.25, 0.3) is 21.5 Å². The van der Waals surface area contributed by atoms with Gasteiger partial charge in [0.1, 0.15) is 5.01 Å². The lowest BCUT2D eigenvalue weighted by atomic mass is 10.1. The molecule has 0 fully saturated rings. The van der Waals surface area contributed by atoms with Gasteiger partial charge >= 0.3 is 0 Å². The minimum absolute atomic E-state index is 0.838. The number of aromatic amines is 1. The van der Waals surface area contributed by atoms with E-state index >= 15 is 0 Å². The summed E-state index contributed by atoms with van der Waals surface area (Å²) in [7, 11) is 1.93. The highest BCUT2D eigenvalue weighted by Crippen LogP contribution is 2.29. The molecule has 2 heterocycles. The van der Waals surface area contributed by atoms with Crippen LogP contribution in [0.5, 0.6) is 0 Å². The Morgan fingerprint density at radius 1 is 1.25 bits per heavy atom. The second-order valence-corrected chi connectivity index (χ2v) is 5.50. The molecule has 104 valence electrons. The van der Waals surface area contributed by atoms with Crippen LogP contribution >= 0.6 is 11.3 Å². The smallest absolute Gasteiger partial charge is 0.206 e. The van der Waals surface area contributed by atoms with Crippen molar-refractivity contribution >= 4 is 27.4 Å². The molecule has 0 saturated heterocycles. The lowest BCUT2D eigenvalue weighted by Gasteiger charge is -1.99. The molecule has 7 heteroatoms. The van der Waals surface area contributed by atoms with E-state index in [4.69, 9.17) is 0 Å². The number of hydrogen-bond acceptors (Lipinski definition) is 6. The maximum atomic E-state index is 4.24. The average molecular weight is 288 g/mol. The Hall–Kier alpha value is -1.99. The quantitative estimate of drug-likeness (QED) is 0.626. The molecule has 0 atom stereocenters. The standard InChI is InChI=1S/C13H16N6S/c1-8-10-7-9(3-4-11(10)17-16-8)12-18-19-13(20-12)15-6-5-14-2/h3-4,7,14H,5-6H2,1-2H3,(H,15,19)(H,16,17). The van der Waals surface area contributed by atoms with Gasteiger partial charge in [-0.2, -0.15) is 5.10 Å². The molecule has 0 aliphatic heterocycles. The highest BCUT2D eigenvalue weighted by molar-refractivity contribution is 7.18. The largest absolute Gasteiger partial charge is 0.359 e. The predicted molar refractivity (Wildman–Crippen MR) is 82.2 cm³/mol. The minimum Gasteiger partial charge on any atom is -0.359 e. The van der Waals surface area contributed by atoms with Gasteiger partial charge in [0.05, 0.1) is 5.52 Å². The summed E-state index contributed by atoms with van der Waals surface area (Å²) < 4.78 is 0. The van der Waals surface area contributed by atoms with Crippen LogP contribution in [0.4, 0.5) is 5.13 Å². The van der Waals surface area contributed by atoms with E-state index in [0.717, 1.165) is 45.4 Å². The Bertz CT molecular complexity index is 717. The number of anilines is 1. The zero-order valence-electron chi connectivity index (χ0n) is 11.4. The molecule has 1 aromatic carbocycles. The average Bonchev–Trinajstić information content (AvgIpc) is 3.07. The zero-order valence-corrected chi connectivity index (χ0v) is 12.2. The van der Waals surface area contributed by atoms with Gasteiger partial charge < -0.3 is 10.6 Å². The second kappa shape index (κ2) is 5.56. The van der Waals surface area contributed by atoms with Crippen molar-refractivity contribution in [3.8, 4) is 10.6 Å². The monoisotopic (exact) mass is 288 g/mol. The first-order chi connectivity index (χ1) is 9.78. The fourth-order valence-electron chi connectivity index (χ4n) is 1.98. The van der Waals surface area contributed by atoms with Crippen molar-refractivity contribution in [1.82, 2.24) is 25.7 Å². The number of aryl methyl sites for hydroxylation is 1. The molecule has 6 nitrogen and oxygen atoms in total. The van der Waals surface area contributed by atoms with Crippen molar-refractivity contribution < 1.29 is 0 Å². The van der Waals surface area contributed by atoms with Gasteiger partial charge in [0, 0.05) is 29.7 Å². The van der Waals surface area contributed by atoms with Crippen LogP contribution in [-0.4, -0.2) is 40.5 Å². The van der Waals surface area contributed by atoms with E-state index in [1.165, 1.54) is 0 Å². The van der Waals surface area contributed by atoms with Gasteiger partial charge in [0.15, 0.2) is 0 Å². The van der Waals surface area contributed by atoms with Gasteiger partial charge in [-0.1, -0.05) is 11.3 Å². The molecule has 20 heavy (non-hydrogen) atoms. The molecular formula is C13H16N6S. The van der Waals surface area contributed by atoms with Gasteiger partial charge in [0.25, 0.3) is 0 Å². The maximum absolute atomic E-state index is 4.24. The fourth-order valence-corrected chi connectivity index (χ4v) is 2.74. The number of fused-ring (bicyclic) bond motifs is 1. The fraction of sp³-hybridized carbons (Fsp3) is 0.308. The highest BCUT2D eigenvalue weighted by Gasteiger charge is 2.09. The van der Waals surface area contributed by atoms with Crippen LogP contribution in [-0.2, 0) is 0 Å². The van der Waals surface area contributed by atoms with Crippen molar-refractivity contribution in [3.05, 3.63) is 23.9 Å². The van der Waals surface area contributed by atoms with Gasteiger partial charge in [-0.05, 0) is 32.2 Å². The Morgan fingerprint density at radius 2 is 2.15 bits per heavy atom. The van der Waals surface area contributed by atoms with Crippen molar-refractivity contribution in [2.75, 3.05) is 25.5 Å². The Kier molecular flexibility index (Phi) is 3.62. The summed E-state index contributed by atoms with van der Waals surface area (Å²) in [5.41, 5.74) is 3.11. The van der Waals surface area contributed by atoms with Crippen LogP contribution < -0.4 is 10.6 Å². The SMILES string of the molecule is CNCCNc1nnc(-c2ccc3n[nH]c(C)c3c2)s1. The molecule has 0 spiro atoms. The molecule has 0 aliphatic rings. The van der Waals surface area contributed by atoms with Crippen LogP contribution in [0.2, 0.25) is 0 Å². The van der Waals surface area contributed by atoms with Crippen molar-refractivity contribution in [3.63, 3.8) is 0 Å². The normalized spacial score (nSPS) is 11.1. The van der Waals surface area contributed by atoms with Gasteiger partial charge in [-0.15, -0.1) is 10.2 Å². The molecule has 3 rings (SSSR count). The van der Waals surface area contributed by atoms with E-state index in [-0.39, 0.29) is 0 Å². The summed E-state index contributed by atoms with van der Waals surface area (Å²) in [5.74, 6) is 0. The molecule has 0 radical (unpaired) electrons. The van der Waals surface area contributed by atoms with Gasteiger partial charge in [0.2, 0.25) is 5.13 Å². The third kappa shape index (κ3) is 2.50. The minimum atomic E-state index is 0.838. The number of nitrogens with zero attached hydrogens (tertiary/aromatic N) is 3. The first kappa shape index (κ1) is 13.0. The number of rotatable bonds is 5. The third-order valence-corrected chi connectivity index (χ3v) is 4.00. The van der Waals surface area contributed by atoms with Crippen LogP contribution in [0.15, 0.2) is 18.2 Å². The Morgan fingerprint density at radius 3 is 3.00 bits per heavy atom. The first-order valence-corrected chi connectivity index (χ1v) is 7.26. The zero-order chi connectivity index (χ0) is 13.9. The Balaban J connectivity index is 1.85. The van der Waals surface area contributed by atoms with E-state index in [1.54, 1.807) is 11.3 Å². The second-order valence-electron chi connectivity index (χ2n) is 4.52. The number of aromatic nitrogens is 4. The van der Waals surface area contributed by atoms with Crippen molar-refractivity contribution in [1.29, 1.82) is 0 Å². The molecule has 0 amide bonds. The summed E-state index contributed by atoms with van der Waals surface area (Å²) in [5, 5.41) is 24.8. The van der Waals surface area contributed by atoms with Crippen LogP contribution in [0, 0.1) is 6.92 Å². The Labute approximate surface area is 120 Å². The first-order valence-electron chi connectivity index (χ1n) is 6.45. The van der Waals surface area contributed by atoms with E-state index < -0.39 is 0 Å². The van der Waals surface area contributed by atoms with Crippen LogP contribution in [0.3, 0.4) is 0 Å². The summed E-state index contributed by atoms with van der Waals surface area (Å²) in [6.45, 7) is 3.75. The summed E-state index contributed by atoms with van der Waals surface area (Å²) in [6.07, 6.45) is 0. The van der Waals surface area contributed by atoms with Crippen LogP contribution in [0.1, 0.15) is 5.69 Å². The molecule has 0 bridgehead atoms. The summed E-state index contributed by atoms with van der Waals surface area (Å²) in [6, 6.07) is 6.14. The number of likely N-dealkylation sites (N-methyl/N-ethyl adjacent to an activating group) is 1. The summed E-state index contributed by atoms with van der Waals surface area (Å²) in [4.78, 5) is 0. The van der Waals surface area contributed by atoms with E-state index in [9.17, 15) is 0 Å². The highest BCUT2D eigenvalue weighted by atomic mass is 32.1.